The number of likely N-dealkylation sites (N-methyl/N-ethyl adjacent to an activating group) is 1. The van der Waals surface area contributed by atoms with E-state index in [0.29, 0.717) is 6.42 Å². The van der Waals surface area contributed by atoms with Crippen LogP contribution in [0.2, 0.25) is 0 Å². The van der Waals surface area contributed by atoms with E-state index in [1.807, 2.05) is 97.3 Å². The molecule has 0 spiro atoms. The summed E-state index contributed by atoms with van der Waals surface area (Å²) in [5.41, 5.74) is 3.80. The van der Waals surface area contributed by atoms with Gasteiger partial charge in [-0.25, -0.2) is 4.68 Å². The molecule has 25 heavy (non-hydrogen) atoms. The molecule has 0 amide bonds. The van der Waals surface area contributed by atoms with Crippen molar-refractivity contribution in [3.05, 3.63) is 72.4 Å². The molecule has 1 unspecified atom stereocenters. The van der Waals surface area contributed by atoms with E-state index >= 15 is 0 Å². The Kier molecular flexibility index (Phi) is 5.10. The number of aromatic nitrogens is 2. The number of ketones is 1. The maximum absolute atomic E-state index is 12.6. The highest BCUT2D eigenvalue weighted by Gasteiger charge is 2.19. The van der Waals surface area contributed by atoms with Gasteiger partial charge in [0, 0.05) is 5.56 Å². The van der Waals surface area contributed by atoms with Crippen molar-refractivity contribution in [2.45, 2.75) is 19.4 Å². The first-order chi connectivity index (χ1) is 12.1. The summed E-state index contributed by atoms with van der Waals surface area (Å²) in [6.07, 6.45) is 0.355. The van der Waals surface area contributed by atoms with Gasteiger partial charge < -0.3 is 0 Å². The molecular weight excluding hydrogens is 310 g/mol. The van der Waals surface area contributed by atoms with Crippen LogP contribution in [0.1, 0.15) is 12.6 Å². The molecule has 0 saturated carbocycles. The predicted octanol–water partition coefficient (Wildman–Crippen LogP) is 3.60. The van der Waals surface area contributed by atoms with Gasteiger partial charge >= 0.3 is 0 Å². The van der Waals surface area contributed by atoms with Gasteiger partial charge in [0.2, 0.25) is 0 Å². The molecule has 0 fully saturated rings. The average Bonchev–Trinajstić information content (AvgIpc) is 3.06. The van der Waals surface area contributed by atoms with E-state index in [9.17, 15) is 4.79 Å². The molecular formula is C21H23N3O. The number of para-hydroxylation sites is 1. The lowest BCUT2D eigenvalue weighted by atomic mass is 10.1. The Morgan fingerprint density at radius 2 is 1.64 bits per heavy atom. The molecule has 2 aromatic carbocycles. The zero-order valence-electron chi connectivity index (χ0n) is 14.9. The fourth-order valence-corrected chi connectivity index (χ4v) is 2.70. The van der Waals surface area contributed by atoms with Crippen molar-refractivity contribution in [1.29, 1.82) is 0 Å². The fourth-order valence-electron chi connectivity index (χ4n) is 2.70. The number of Topliss-reactive ketones (excluding diaryl/α,β-unsaturated/α-hetero) is 1. The van der Waals surface area contributed by atoms with Crippen LogP contribution in [0.25, 0.3) is 16.9 Å². The Morgan fingerprint density at radius 3 is 2.24 bits per heavy atom. The minimum atomic E-state index is -0.126. The number of nitrogens with zero attached hydrogens (tertiary/aromatic N) is 3. The normalized spacial score (nSPS) is 12.3. The van der Waals surface area contributed by atoms with E-state index in [2.05, 4.69) is 0 Å². The summed E-state index contributed by atoms with van der Waals surface area (Å²) in [6, 6.07) is 21.9. The van der Waals surface area contributed by atoms with Crippen LogP contribution in [0.15, 0.2) is 66.7 Å². The van der Waals surface area contributed by atoms with Crippen molar-refractivity contribution >= 4 is 5.78 Å². The van der Waals surface area contributed by atoms with Gasteiger partial charge in [-0.2, -0.15) is 5.10 Å². The highest BCUT2D eigenvalue weighted by atomic mass is 16.1. The minimum Gasteiger partial charge on any atom is -0.300 e. The lowest BCUT2D eigenvalue weighted by Crippen LogP contribution is -2.34. The number of hydrogen-bond donors (Lipinski definition) is 0. The van der Waals surface area contributed by atoms with E-state index in [1.165, 1.54) is 0 Å². The minimum absolute atomic E-state index is 0.126. The van der Waals surface area contributed by atoms with E-state index in [4.69, 9.17) is 5.10 Å². The molecule has 0 N–H and O–H groups in total. The van der Waals surface area contributed by atoms with Crippen molar-refractivity contribution in [3.8, 4) is 16.9 Å². The van der Waals surface area contributed by atoms with Crippen molar-refractivity contribution in [2.75, 3.05) is 14.1 Å². The molecule has 3 aromatic rings. The van der Waals surface area contributed by atoms with Crippen LogP contribution in [0, 0.1) is 0 Å². The summed E-state index contributed by atoms with van der Waals surface area (Å²) >= 11 is 0. The van der Waals surface area contributed by atoms with Gasteiger partial charge in [0.05, 0.1) is 29.5 Å². The Morgan fingerprint density at radius 1 is 1.04 bits per heavy atom. The number of benzene rings is 2. The number of carbonyl (C=O) groups is 1. The molecule has 0 saturated heterocycles. The molecule has 0 bridgehead atoms. The lowest BCUT2D eigenvalue weighted by Gasteiger charge is -2.18. The quantitative estimate of drug-likeness (QED) is 0.692. The smallest absolute Gasteiger partial charge is 0.155 e. The first-order valence-corrected chi connectivity index (χ1v) is 8.45. The molecule has 1 atom stereocenters. The number of carbonyl (C=O) groups excluding carboxylic acids is 1. The van der Waals surface area contributed by atoms with E-state index in [1.54, 1.807) is 0 Å². The average molecular weight is 333 g/mol. The van der Waals surface area contributed by atoms with Crippen molar-refractivity contribution in [1.82, 2.24) is 14.7 Å². The predicted molar refractivity (Wildman–Crippen MR) is 101 cm³/mol. The Labute approximate surface area is 148 Å². The summed E-state index contributed by atoms with van der Waals surface area (Å²) in [7, 11) is 3.85. The van der Waals surface area contributed by atoms with E-state index in [0.717, 1.165) is 22.6 Å². The van der Waals surface area contributed by atoms with Crippen LogP contribution < -0.4 is 0 Å². The zero-order valence-corrected chi connectivity index (χ0v) is 14.9. The fraction of sp³-hybridized carbons (Fsp3) is 0.238. The van der Waals surface area contributed by atoms with E-state index < -0.39 is 0 Å². The standard InChI is InChI=1S/C21H23N3O/c1-16(23(2)3)21(25)15-19-14-20(17-10-6-4-7-11-17)22-24(19)18-12-8-5-9-13-18/h4-14,16H,15H2,1-3H3. The third kappa shape index (κ3) is 3.86. The summed E-state index contributed by atoms with van der Waals surface area (Å²) in [5, 5.41) is 4.76. The third-order valence-electron chi connectivity index (χ3n) is 4.45. The van der Waals surface area contributed by atoms with Gasteiger partial charge in [-0.1, -0.05) is 48.5 Å². The van der Waals surface area contributed by atoms with Crippen LogP contribution >= 0.6 is 0 Å². The summed E-state index contributed by atoms with van der Waals surface area (Å²) in [4.78, 5) is 14.5. The van der Waals surface area contributed by atoms with Gasteiger partial charge in [0.15, 0.2) is 5.78 Å². The zero-order chi connectivity index (χ0) is 17.8. The first kappa shape index (κ1) is 17.1. The molecule has 0 radical (unpaired) electrons. The van der Waals surface area contributed by atoms with Gasteiger partial charge in [0.1, 0.15) is 0 Å². The lowest BCUT2D eigenvalue weighted by molar-refractivity contribution is -0.122. The first-order valence-electron chi connectivity index (χ1n) is 8.45. The second-order valence-electron chi connectivity index (χ2n) is 6.42. The van der Waals surface area contributed by atoms with Gasteiger partial charge in [-0.15, -0.1) is 0 Å². The topological polar surface area (TPSA) is 38.1 Å². The number of rotatable bonds is 6. The molecule has 0 aliphatic heterocycles. The molecule has 4 nitrogen and oxygen atoms in total. The summed E-state index contributed by atoms with van der Waals surface area (Å²) in [6.45, 7) is 1.93. The summed E-state index contributed by atoms with van der Waals surface area (Å²) in [5.74, 6) is 0.182. The largest absolute Gasteiger partial charge is 0.300 e. The maximum Gasteiger partial charge on any atom is 0.155 e. The van der Waals surface area contributed by atoms with Crippen LogP contribution in [-0.4, -0.2) is 40.6 Å². The van der Waals surface area contributed by atoms with Crippen LogP contribution in [0.4, 0.5) is 0 Å². The highest BCUT2D eigenvalue weighted by Crippen LogP contribution is 2.22. The van der Waals surface area contributed by atoms with Crippen LogP contribution in [-0.2, 0) is 11.2 Å². The van der Waals surface area contributed by atoms with Crippen molar-refractivity contribution in [2.24, 2.45) is 0 Å². The Hall–Kier alpha value is -2.72. The SMILES string of the molecule is CC(C(=O)Cc1cc(-c2ccccc2)nn1-c1ccccc1)N(C)C. The van der Waals surface area contributed by atoms with Gasteiger partial charge in [-0.05, 0) is 39.2 Å². The number of hydrogen-bond acceptors (Lipinski definition) is 3. The molecule has 0 aliphatic carbocycles. The molecule has 3 rings (SSSR count). The third-order valence-corrected chi connectivity index (χ3v) is 4.45. The Bertz CT molecular complexity index is 838. The second kappa shape index (κ2) is 7.45. The molecule has 1 aromatic heterocycles. The molecule has 1 heterocycles. The maximum atomic E-state index is 12.6. The monoisotopic (exact) mass is 333 g/mol. The van der Waals surface area contributed by atoms with Crippen LogP contribution in [0.5, 0.6) is 0 Å². The van der Waals surface area contributed by atoms with Gasteiger partial charge in [-0.3, -0.25) is 9.69 Å². The highest BCUT2D eigenvalue weighted by molar-refractivity contribution is 5.85. The van der Waals surface area contributed by atoms with Crippen LogP contribution in [0.3, 0.4) is 0 Å². The molecule has 4 heteroatoms. The molecule has 0 aliphatic rings. The second-order valence-corrected chi connectivity index (χ2v) is 6.42. The summed E-state index contributed by atoms with van der Waals surface area (Å²) < 4.78 is 1.88. The van der Waals surface area contributed by atoms with Crippen molar-refractivity contribution in [3.63, 3.8) is 0 Å². The van der Waals surface area contributed by atoms with Gasteiger partial charge in [0.25, 0.3) is 0 Å². The molecule has 128 valence electrons. The Balaban J connectivity index is 2.00. The van der Waals surface area contributed by atoms with Crippen molar-refractivity contribution < 1.29 is 4.79 Å². The van der Waals surface area contributed by atoms with E-state index in [-0.39, 0.29) is 11.8 Å².